The average molecular weight is 863 g/mol. The van der Waals surface area contributed by atoms with E-state index in [9.17, 15) is 0 Å². The van der Waals surface area contributed by atoms with Crippen LogP contribution in [-0.2, 0) is 37.9 Å². The fourth-order valence-electron chi connectivity index (χ4n) is 15.2. The van der Waals surface area contributed by atoms with Crippen molar-refractivity contribution in [3.05, 3.63) is 110 Å². The summed E-state index contributed by atoms with van der Waals surface area (Å²) in [6.45, 7) is 39.6. The van der Waals surface area contributed by atoms with Gasteiger partial charge in [0.2, 0.25) is 0 Å². The Labute approximate surface area is 392 Å². The molecule has 5 aromatic rings. The second-order valence-corrected chi connectivity index (χ2v) is 26.9. The van der Waals surface area contributed by atoms with Gasteiger partial charge in [-0.3, -0.25) is 4.90 Å². The molecule has 0 bridgehead atoms. The molecular weight excluding hydrogens is 787 g/mol. The van der Waals surface area contributed by atoms with E-state index in [1.54, 1.807) is 11.1 Å². The van der Waals surface area contributed by atoms with Crippen LogP contribution in [0, 0.1) is 19.8 Å². The zero-order valence-electron chi connectivity index (χ0n) is 42.9. The van der Waals surface area contributed by atoms with Crippen molar-refractivity contribution in [2.45, 2.75) is 206 Å². The third-order valence-corrected chi connectivity index (χ3v) is 19.9. The van der Waals surface area contributed by atoms with Gasteiger partial charge < -0.3 is 9.32 Å². The maximum Gasteiger partial charge on any atom is 0.256 e. The SMILES string of the molecule is Cc1cc2c3c(c1)N(c1cc4c(cc1C)C(C)(C)CCC4(C)C)c1oc4c(c1B3c1cc3c(cc1N2c1ccc2c(c1)C(C)(C)CCC2(C)C)C1(C)CCC1[C@H]3C)C(C)(C)CCC4(C)C. The lowest BCUT2D eigenvalue weighted by molar-refractivity contribution is 0.142. The second-order valence-electron chi connectivity index (χ2n) is 26.9. The number of rotatable bonds is 2. The smallest absolute Gasteiger partial charge is 0.256 e. The molecule has 3 heterocycles. The zero-order valence-corrected chi connectivity index (χ0v) is 42.9. The maximum absolute atomic E-state index is 7.75. The lowest BCUT2D eigenvalue weighted by Crippen LogP contribution is -2.63. The molecule has 2 unspecified atom stereocenters. The Hall–Kier alpha value is -4.18. The van der Waals surface area contributed by atoms with Crippen molar-refractivity contribution >= 4 is 57.4 Å². The molecule has 7 aliphatic rings. The quantitative estimate of drug-likeness (QED) is 0.161. The van der Waals surface area contributed by atoms with E-state index in [-0.39, 0.29) is 44.6 Å². The van der Waals surface area contributed by atoms with Crippen LogP contribution in [0.1, 0.15) is 210 Å². The van der Waals surface area contributed by atoms with Crippen LogP contribution in [0.4, 0.5) is 34.3 Å². The van der Waals surface area contributed by atoms with E-state index in [0.717, 1.165) is 18.7 Å². The van der Waals surface area contributed by atoms with Crippen molar-refractivity contribution in [2.75, 3.05) is 9.80 Å². The van der Waals surface area contributed by atoms with Crippen molar-refractivity contribution in [2.24, 2.45) is 5.92 Å². The number of anilines is 6. The Balaban J connectivity index is 1.21. The van der Waals surface area contributed by atoms with E-state index in [1.807, 2.05) is 0 Å². The van der Waals surface area contributed by atoms with Crippen LogP contribution in [0.5, 0.6) is 0 Å². The predicted octanol–water partition coefficient (Wildman–Crippen LogP) is 14.8. The summed E-state index contributed by atoms with van der Waals surface area (Å²) in [5.74, 6) is 3.52. The molecule has 12 rings (SSSR count). The van der Waals surface area contributed by atoms with Crippen LogP contribution in [0.3, 0.4) is 0 Å². The molecular formula is C61H75BN2O. The van der Waals surface area contributed by atoms with E-state index < -0.39 is 0 Å². The highest BCUT2D eigenvalue weighted by atomic mass is 16.4. The largest absolute Gasteiger partial charge is 0.444 e. The van der Waals surface area contributed by atoms with Gasteiger partial charge in [0, 0.05) is 28.2 Å². The van der Waals surface area contributed by atoms with Crippen molar-refractivity contribution in [1.29, 1.82) is 0 Å². The lowest BCUT2D eigenvalue weighted by Gasteiger charge is -2.47. The Kier molecular flexibility index (Phi) is 8.23. The molecule has 0 saturated heterocycles. The summed E-state index contributed by atoms with van der Waals surface area (Å²) in [7, 11) is 0. The monoisotopic (exact) mass is 863 g/mol. The number of nitrogens with zero attached hydrogens (tertiary/aromatic N) is 2. The lowest BCUT2D eigenvalue weighted by atomic mass is 9.32. The van der Waals surface area contributed by atoms with Gasteiger partial charge in [-0.15, -0.1) is 0 Å². The number of aryl methyl sites for hydroxylation is 2. The van der Waals surface area contributed by atoms with Gasteiger partial charge in [0.25, 0.3) is 6.71 Å². The molecule has 5 aliphatic carbocycles. The predicted molar refractivity (Wildman–Crippen MR) is 277 cm³/mol. The molecule has 1 saturated carbocycles. The van der Waals surface area contributed by atoms with Crippen LogP contribution >= 0.6 is 0 Å². The minimum absolute atomic E-state index is 0.0440. The van der Waals surface area contributed by atoms with E-state index in [0.29, 0.717) is 11.8 Å². The van der Waals surface area contributed by atoms with E-state index in [4.69, 9.17) is 4.42 Å². The first-order valence-electron chi connectivity index (χ1n) is 25.7. The van der Waals surface area contributed by atoms with Crippen molar-refractivity contribution in [3.63, 3.8) is 0 Å². The second kappa shape index (κ2) is 12.7. The Bertz CT molecular complexity index is 2930. The van der Waals surface area contributed by atoms with Gasteiger partial charge in [-0.05, 0) is 212 Å². The van der Waals surface area contributed by atoms with Gasteiger partial charge >= 0.3 is 0 Å². The summed E-state index contributed by atoms with van der Waals surface area (Å²) >= 11 is 0. The van der Waals surface area contributed by atoms with Crippen LogP contribution in [0.15, 0.2) is 59.0 Å². The minimum atomic E-state index is -0.0802. The summed E-state index contributed by atoms with van der Waals surface area (Å²) in [6.07, 6.45) is 9.67. The maximum atomic E-state index is 7.75. The highest BCUT2D eigenvalue weighted by Gasteiger charge is 2.57. The topological polar surface area (TPSA) is 19.6 Å². The average Bonchev–Trinajstić information content (AvgIpc) is 3.70. The Morgan fingerprint density at radius 2 is 1.08 bits per heavy atom. The first-order valence-corrected chi connectivity index (χ1v) is 25.7. The molecule has 65 heavy (non-hydrogen) atoms. The first-order chi connectivity index (χ1) is 30.3. The zero-order chi connectivity index (χ0) is 46.1. The highest BCUT2D eigenvalue weighted by molar-refractivity contribution is 7.00. The number of benzene rings is 4. The van der Waals surface area contributed by atoms with Crippen molar-refractivity contribution < 1.29 is 4.42 Å². The van der Waals surface area contributed by atoms with E-state index in [2.05, 4.69) is 175 Å². The highest BCUT2D eigenvalue weighted by Crippen LogP contribution is 2.63. The standard InChI is InChI=1S/C61H75BN2O/c1-34-27-48-51-49(28-34)64(46-33-44-42(29-35(46)2)56(6,7)23-24-58(44,10)11)54-52(50-53(65-54)60(14,15)26-25-59(50,12)13)62(51)45-31-38-36(3)39-19-20-61(39,16)41(38)32-47(45)63(48)37-17-18-40-43(30-37)57(8,9)22-21-55(40,4)5/h17-18,27-33,36,39H,19-26H2,1-16H3/t36-,39?,61?/m0/s1. The molecule has 0 spiro atoms. The molecule has 1 fully saturated rings. The van der Waals surface area contributed by atoms with E-state index in [1.165, 1.54) is 128 Å². The number of furan rings is 1. The molecule has 0 radical (unpaired) electrons. The molecule has 0 amide bonds. The molecule has 338 valence electrons. The summed E-state index contributed by atoms with van der Waals surface area (Å²) in [5.41, 5.74) is 24.8. The summed E-state index contributed by atoms with van der Waals surface area (Å²) in [5, 5.41) is 0. The Morgan fingerprint density at radius 1 is 0.523 bits per heavy atom. The van der Waals surface area contributed by atoms with Gasteiger partial charge in [0.1, 0.15) is 5.76 Å². The number of hydrogen-bond acceptors (Lipinski definition) is 3. The molecule has 3 atom stereocenters. The number of hydrogen-bond donors (Lipinski definition) is 0. The molecule has 0 N–H and O–H groups in total. The van der Waals surface area contributed by atoms with Crippen LogP contribution < -0.4 is 26.2 Å². The van der Waals surface area contributed by atoms with Gasteiger partial charge in [0.05, 0.1) is 5.69 Å². The third kappa shape index (κ3) is 5.44. The molecule has 2 aliphatic heterocycles. The minimum Gasteiger partial charge on any atom is -0.444 e. The van der Waals surface area contributed by atoms with Gasteiger partial charge in [-0.2, -0.15) is 0 Å². The van der Waals surface area contributed by atoms with Crippen LogP contribution in [-0.4, -0.2) is 6.71 Å². The summed E-state index contributed by atoms with van der Waals surface area (Å²) in [6, 6.07) is 23.3. The van der Waals surface area contributed by atoms with Crippen LogP contribution in [0.2, 0.25) is 0 Å². The van der Waals surface area contributed by atoms with Gasteiger partial charge in [0.15, 0.2) is 5.88 Å². The number of fused-ring (bicyclic) bond motifs is 11. The molecule has 3 nitrogen and oxygen atoms in total. The van der Waals surface area contributed by atoms with Gasteiger partial charge in [-0.25, -0.2) is 0 Å². The Morgan fingerprint density at radius 3 is 1.71 bits per heavy atom. The normalized spacial score (nSPS) is 27.0. The van der Waals surface area contributed by atoms with Crippen molar-refractivity contribution in [1.82, 2.24) is 0 Å². The third-order valence-electron chi connectivity index (χ3n) is 19.9. The fraction of sp³-hybridized carbons (Fsp3) is 0.541. The first kappa shape index (κ1) is 42.2. The summed E-state index contributed by atoms with van der Waals surface area (Å²) < 4.78 is 7.75. The summed E-state index contributed by atoms with van der Waals surface area (Å²) in [4.78, 5) is 5.38. The van der Waals surface area contributed by atoms with Crippen LogP contribution in [0.25, 0.3) is 0 Å². The van der Waals surface area contributed by atoms with E-state index >= 15 is 0 Å². The van der Waals surface area contributed by atoms with Gasteiger partial charge in [-0.1, -0.05) is 115 Å². The molecule has 4 aromatic carbocycles. The molecule has 4 heteroatoms. The van der Waals surface area contributed by atoms with Crippen molar-refractivity contribution in [3.8, 4) is 0 Å². The fourth-order valence-corrected chi connectivity index (χ4v) is 15.2. The molecule has 1 aromatic heterocycles.